The number of nitrogens with zero attached hydrogens (tertiary/aromatic N) is 2. The number of ether oxygens (including phenoxy) is 1. The molecule has 9 heteroatoms. The zero-order valence-corrected chi connectivity index (χ0v) is 25.9. The molecule has 1 aliphatic carbocycles. The highest BCUT2D eigenvalue weighted by molar-refractivity contribution is 6.01. The summed E-state index contributed by atoms with van der Waals surface area (Å²) < 4.78 is 6.58. The van der Waals surface area contributed by atoms with Crippen LogP contribution in [0.3, 0.4) is 0 Å². The maximum atomic E-state index is 13.6. The Labute approximate surface area is 259 Å². The van der Waals surface area contributed by atoms with Gasteiger partial charge in [0.15, 0.2) is 0 Å². The Morgan fingerprint density at radius 2 is 1.80 bits per heavy atom. The molecule has 1 fully saturated rings. The van der Waals surface area contributed by atoms with Crippen LogP contribution in [0.2, 0.25) is 0 Å². The second-order valence-corrected chi connectivity index (χ2v) is 12.4. The van der Waals surface area contributed by atoms with Crippen molar-refractivity contribution in [1.29, 1.82) is 0 Å². The first kappa shape index (κ1) is 31.3. The van der Waals surface area contributed by atoms with Gasteiger partial charge in [-0.2, -0.15) is 0 Å². The molecule has 2 aliphatic rings. The van der Waals surface area contributed by atoms with Crippen molar-refractivity contribution < 1.29 is 24.2 Å². The number of urea groups is 1. The summed E-state index contributed by atoms with van der Waals surface area (Å²) in [5.74, 6) is 0.292. The van der Waals surface area contributed by atoms with Crippen molar-refractivity contribution in [3.8, 4) is 5.75 Å². The minimum Gasteiger partial charge on any atom is -0.488 e. The summed E-state index contributed by atoms with van der Waals surface area (Å²) in [6.45, 7) is 4.29. The standard InChI is InChI=1S/C35H44N4O5/c1-23-20-39(24(2)22-40)33(41)19-27-18-28(36-34(42)26-11-5-4-6-12-26)16-17-31(27)44-32(23)21-38(3)35(43)37-30-15-9-13-25-10-7-8-14-29(25)30/h7-10,13-18,23-24,26,32,40H,4-6,11-12,19-22H2,1-3H3,(H,36,42)(H,37,43)/t23-,24-,32-/m1/s1. The number of likely N-dealkylation sites (N-methyl/N-ethyl adjacent to an activating group) is 1. The van der Waals surface area contributed by atoms with Gasteiger partial charge in [0.1, 0.15) is 11.9 Å². The van der Waals surface area contributed by atoms with Crippen LogP contribution in [0.15, 0.2) is 60.7 Å². The van der Waals surface area contributed by atoms with Crippen LogP contribution in [-0.2, 0) is 16.0 Å². The van der Waals surface area contributed by atoms with Crippen molar-refractivity contribution in [1.82, 2.24) is 9.80 Å². The van der Waals surface area contributed by atoms with Crippen molar-refractivity contribution in [3.05, 3.63) is 66.2 Å². The molecular formula is C35H44N4O5. The number of carbonyl (C=O) groups is 3. The number of nitrogens with one attached hydrogen (secondary N) is 2. The van der Waals surface area contributed by atoms with E-state index in [2.05, 4.69) is 10.6 Å². The smallest absolute Gasteiger partial charge is 0.321 e. The largest absolute Gasteiger partial charge is 0.488 e. The fraction of sp³-hybridized carbons (Fsp3) is 0.457. The molecule has 4 amide bonds. The summed E-state index contributed by atoms with van der Waals surface area (Å²) in [5.41, 5.74) is 2.02. The molecule has 0 bridgehead atoms. The summed E-state index contributed by atoms with van der Waals surface area (Å²) in [5, 5.41) is 18.0. The maximum Gasteiger partial charge on any atom is 0.321 e. The van der Waals surface area contributed by atoms with Crippen LogP contribution in [0.25, 0.3) is 10.8 Å². The molecule has 3 N–H and O–H groups in total. The minimum atomic E-state index is -0.445. The normalized spacial score (nSPS) is 20.0. The highest BCUT2D eigenvalue weighted by atomic mass is 16.5. The highest BCUT2D eigenvalue weighted by Crippen LogP contribution is 2.31. The van der Waals surface area contributed by atoms with Gasteiger partial charge in [0.25, 0.3) is 0 Å². The maximum absolute atomic E-state index is 13.6. The van der Waals surface area contributed by atoms with Crippen LogP contribution in [0.1, 0.15) is 51.5 Å². The van der Waals surface area contributed by atoms with Crippen LogP contribution >= 0.6 is 0 Å². The van der Waals surface area contributed by atoms with E-state index in [1.807, 2.05) is 68.4 Å². The number of carbonyl (C=O) groups excluding carboxylic acids is 3. The number of hydrogen-bond donors (Lipinski definition) is 3. The third kappa shape index (κ3) is 7.33. The molecule has 1 saturated carbocycles. The van der Waals surface area contributed by atoms with Crippen LogP contribution in [0.4, 0.5) is 16.2 Å². The molecule has 9 nitrogen and oxygen atoms in total. The van der Waals surface area contributed by atoms with Gasteiger partial charge in [-0.25, -0.2) is 4.79 Å². The predicted molar refractivity (Wildman–Crippen MR) is 173 cm³/mol. The van der Waals surface area contributed by atoms with Gasteiger partial charge in [-0.05, 0) is 49.4 Å². The van der Waals surface area contributed by atoms with Gasteiger partial charge in [0, 0.05) is 42.1 Å². The molecule has 5 rings (SSSR count). The molecule has 234 valence electrons. The Bertz CT molecular complexity index is 1480. The third-order valence-corrected chi connectivity index (χ3v) is 8.99. The van der Waals surface area contributed by atoms with E-state index in [-0.39, 0.29) is 55.3 Å². The van der Waals surface area contributed by atoms with Crippen molar-refractivity contribution in [2.45, 2.75) is 64.5 Å². The Hall–Kier alpha value is -4.11. The van der Waals surface area contributed by atoms with E-state index < -0.39 is 6.10 Å². The number of hydrogen-bond acceptors (Lipinski definition) is 5. The second-order valence-electron chi connectivity index (χ2n) is 12.4. The van der Waals surface area contributed by atoms with Crippen molar-refractivity contribution >= 4 is 40.0 Å². The Kier molecular flexibility index (Phi) is 10.0. The van der Waals surface area contributed by atoms with E-state index in [4.69, 9.17) is 4.74 Å². The average Bonchev–Trinajstić information content (AvgIpc) is 3.08. The van der Waals surface area contributed by atoms with E-state index in [1.54, 1.807) is 22.9 Å². The molecule has 3 atom stereocenters. The molecule has 0 spiro atoms. The third-order valence-electron chi connectivity index (χ3n) is 8.99. The molecule has 0 unspecified atom stereocenters. The second kappa shape index (κ2) is 14.1. The first-order chi connectivity index (χ1) is 21.2. The minimum absolute atomic E-state index is 0.00789. The lowest BCUT2D eigenvalue weighted by molar-refractivity contribution is -0.134. The van der Waals surface area contributed by atoms with Crippen LogP contribution in [0, 0.1) is 11.8 Å². The first-order valence-electron chi connectivity index (χ1n) is 15.7. The van der Waals surface area contributed by atoms with E-state index in [0.717, 1.165) is 42.1 Å². The number of amides is 4. The van der Waals surface area contributed by atoms with Gasteiger partial charge in [0.05, 0.1) is 31.3 Å². The summed E-state index contributed by atoms with van der Waals surface area (Å²) in [7, 11) is 1.73. The van der Waals surface area contributed by atoms with E-state index in [9.17, 15) is 19.5 Å². The zero-order valence-electron chi connectivity index (χ0n) is 25.9. The number of anilines is 2. The quantitative estimate of drug-likeness (QED) is 0.324. The van der Waals surface area contributed by atoms with Crippen molar-refractivity contribution in [2.75, 3.05) is 37.4 Å². The van der Waals surface area contributed by atoms with Crippen molar-refractivity contribution in [2.24, 2.45) is 11.8 Å². The summed E-state index contributed by atoms with van der Waals surface area (Å²) in [6, 6.07) is 18.5. The average molecular weight is 601 g/mol. The van der Waals surface area contributed by atoms with Crippen LogP contribution in [0.5, 0.6) is 5.75 Å². The topological polar surface area (TPSA) is 111 Å². The lowest BCUT2D eigenvalue weighted by Gasteiger charge is -2.34. The van der Waals surface area contributed by atoms with E-state index in [1.165, 1.54) is 6.42 Å². The van der Waals surface area contributed by atoms with Crippen molar-refractivity contribution in [3.63, 3.8) is 0 Å². The summed E-state index contributed by atoms with van der Waals surface area (Å²) in [6.07, 6.45) is 4.73. The molecule has 3 aromatic rings. The van der Waals surface area contributed by atoms with Crippen LogP contribution in [-0.4, -0.2) is 71.6 Å². The molecular weight excluding hydrogens is 556 g/mol. The SMILES string of the molecule is C[C@@H]1CN([C@H](C)CO)C(=O)Cc2cc(NC(=O)C3CCCCC3)ccc2O[C@@H]1CN(C)C(=O)Nc1cccc2ccccc12. The Morgan fingerprint density at radius 1 is 1.05 bits per heavy atom. The summed E-state index contributed by atoms with van der Waals surface area (Å²) in [4.78, 5) is 43.2. The van der Waals surface area contributed by atoms with Gasteiger partial charge in [0.2, 0.25) is 11.8 Å². The molecule has 3 aromatic carbocycles. The Balaban J connectivity index is 1.37. The molecule has 1 heterocycles. The van der Waals surface area contributed by atoms with E-state index >= 15 is 0 Å². The van der Waals surface area contributed by atoms with Gasteiger partial charge < -0.3 is 30.3 Å². The highest BCUT2D eigenvalue weighted by Gasteiger charge is 2.32. The number of rotatable bonds is 7. The summed E-state index contributed by atoms with van der Waals surface area (Å²) >= 11 is 0. The number of aliphatic hydroxyl groups excluding tert-OH is 1. The van der Waals surface area contributed by atoms with Gasteiger partial charge in [-0.15, -0.1) is 0 Å². The fourth-order valence-corrected chi connectivity index (χ4v) is 6.23. The van der Waals surface area contributed by atoms with Gasteiger partial charge >= 0.3 is 6.03 Å². The van der Waals surface area contributed by atoms with Gasteiger partial charge in [-0.1, -0.05) is 62.6 Å². The van der Waals surface area contributed by atoms with Crippen LogP contribution < -0.4 is 15.4 Å². The Morgan fingerprint density at radius 3 is 2.57 bits per heavy atom. The number of fused-ring (bicyclic) bond motifs is 2. The first-order valence-corrected chi connectivity index (χ1v) is 15.7. The zero-order chi connectivity index (χ0) is 31.2. The number of benzene rings is 3. The molecule has 0 saturated heterocycles. The molecule has 0 radical (unpaired) electrons. The fourth-order valence-electron chi connectivity index (χ4n) is 6.23. The monoisotopic (exact) mass is 600 g/mol. The lowest BCUT2D eigenvalue weighted by atomic mass is 9.88. The van der Waals surface area contributed by atoms with Gasteiger partial charge in [-0.3, -0.25) is 9.59 Å². The predicted octanol–water partition coefficient (Wildman–Crippen LogP) is 5.67. The molecule has 44 heavy (non-hydrogen) atoms. The lowest BCUT2D eigenvalue weighted by Crippen LogP contribution is -2.48. The van der Waals surface area contributed by atoms with E-state index in [0.29, 0.717) is 23.5 Å². The number of aliphatic hydroxyl groups is 1. The molecule has 1 aliphatic heterocycles. The molecule has 0 aromatic heterocycles.